The van der Waals surface area contributed by atoms with Crippen molar-refractivity contribution in [3.05, 3.63) is 36.5 Å². The van der Waals surface area contributed by atoms with Crippen molar-refractivity contribution in [3.63, 3.8) is 0 Å². The molecule has 0 aliphatic rings. The van der Waals surface area contributed by atoms with Crippen LogP contribution in [0.2, 0.25) is 0 Å². The maximum absolute atomic E-state index is 12.8. The van der Waals surface area contributed by atoms with Gasteiger partial charge in [-0.1, -0.05) is 211 Å². The molecule has 0 fully saturated rings. The molecule has 0 aliphatic carbocycles. The summed E-state index contributed by atoms with van der Waals surface area (Å²) in [5, 5.41) is 0. The molecule has 1 atom stereocenters. The molecule has 0 radical (unpaired) electrons. The molecule has 6 nitrogen and oxygen atoms in total. The molecule has 1 unspecified atom stereocenters. The fourth-order valence-electron chi connectivity index (χ4n) is 7.25. The zero-order valence-corrected chi connectivity index (χ0v) is 39.3. The summed E-state index contributed by atoms with van der Waals surface area (Å²) in [4.78, 5) is 37.9. The normalized spacial score (nSPS) is 12.3. The summed E-state index contributed by atoms with van der Waals surface area (Å²) in [7, 11) is 0. The Morgan fingerprint density at radius 1 is 0.339 bits per heavy atom. The lowest BCUT2D eigenvalue weighted by Crippen LogP contribution is -2.30. The van der Waals surface area contributed by atoms with Crippen molar-refractivity contribution in [1.29, 1.82) is 0 Å². The molecule has 0 N–H and O–H groups in total. The van der Waals surface area contributed by atoms with Gasteiger partial charge in [0.25, 0.3) is 0 Å². The molecule has 0 aromatic heterocycles. The van der Waals surface area contributed by atoms with Gasteiger partial charge < -0.3 is 14.2 Å². The highest BCUT2D eigenvalue weighted by molar-refractivity contribution is 5.71. The van der Waals surface area contributed by atoms with Crippen molar-refractivity contribution in [1.82, 2.24) is 0 Å². The Balaban J connectivity index is 4.40. The van der Waals surface area contributed by atoms with E-state index in [-0.39, 0.29) is 31.1 Å². The molecule has 6 heteroatoms. The van der Waals surface area contributed by atoms with E-state index in [1.165, 1.54) is 148 Å². The zero-order chi connectivity index (χ0) is 43.0. The van der Waals surface area contributed by atoms with Crippen molar-refractivity contribution in [3.8, 4) is 0 Å². The molecule has 0 rings (SSSR count). The van der Waals surface area contributed by atoms with Gasteiger partial charge in [-0.25, -0.2) is 0 Å². The highest BCUT2D eigenvalue weighted by Gasteiger charge is 2.19. The highest BCUT2D eigenvalue weighted by Crippen LogP contribution is 2.15. The van der Waals surface area contributed by atoms with Crippen LogP contribution in [-0.2, 0) is 28.6 Å². The molecule has 0 spiro atoms. The smallest absolute Gasteiger partial charge is 0.306 e. The lowest BCUT2D eigenvalue weighted by Gasteiger charge is -2.18. The molecule has 344 valence electrons. The van der Waals surface area contributed by atoms with Crippen molar-refractivity contribution in [2.24, 2.45) is 0 Å². The lowest BCUT2D eigenvalue weighted by atomic mass is 10.0. The Morgan fingerprint density at radius 2 is 0.610 bits per heavy atom. The minimum Gasteiger partial charge on any atom is -0.462 e. The van der Waals surface area contributed by atoms with E-state index in [2.05, 4.69) is 57.2 Å². The topological polar surface area (TPSA) is 78.9 Å². The number of unbranched alkanes of at least 4 members (excludes halogenated alkanes) is 30. The van der Waals surface area contributed by atoms with Crippen LogP contribution in [0.1, 0.15) is 265 Å². The summed E-state index contributed by atoms with van der Waals surface area (Å²) in [6, 6.07) is 0. The quantitative estimate of drug-likeness (QED) is 0.0200. The van der Waals surface area contributed by atoms with Gasteiger partial charge >= 0.3 is 17.9 Å². The molecule has 0 aromatic rings. The minimum absolute atomic E-state index is 0.0825. The number of hydrogen-bond donors (Lipinski definition) is 0. The molecule has 0 aromatic carbocycles. The standard InChI is InChI=1S/C53H96O6/c1-4-7-10-13-16-19-22-25-26-27-29-31-34-37-40-43-46-52(55)58-49-50(48-57-51(54)45-42-39-36-33-30-24-21-18-15-12-9-6-3)59-53(56)47-44-41-38-35-32-28-23-20-17-14-11-8-5-2/h18,21,26-27,29,31,50H,4-17,19-20,22-25,28,30,32-49H2,1-3H3/b21-18-,27-26-,31-29-. The van der Waals surface area contributed by atoms with Gasteiger partial charge in [-0.15, -0.1) is 0 Å². The molecule has 0 bridgehead atoms. The molecule has 59 heavy (non-hydrogen) atoms. The van der Waals surface area contributed by atoms with Gasteiger partial charge in [0, 0.05) is 19.3 Å². The number of allylic oxidation sites excluding steroid dienone is 6. The van der Waals surface area contributed by atoms with Crippen LogP contribution in [0.3, 0.4) is 0 Å². The Morgan fingerprint density at radius 3 is 1.00 bits per heavy atom. The van der Waals surface area contributed by atoms with E-state index >= 15 is 0 Å². The maximum atomic E-state index is 12.8. The number of carbonyl (C=O) groups is 3. The number of carbonyl (C=O) groups excluding carboxylic acids is 3. The monoisotopic (exact) mass is 829 g/mol. The summed E-state index contributed by atoms with van der Waals surface area (Å²) in [5.41, 5.74) is 0. The summed E-state index contributed by atoms with van der Waals surface area (Å²) < 4.78 is 16.8. The van der Waals surface area contributed by atoms with Crippen LogP contribution in [-0.4, -0.2) is 37.2 Å². The third kappa shape index (κ3) is 46.5. The van der Waals surface area contributed by atoms with Gasteiger partial charge in [0.1, 0.15) is 13.2 Å². The Labute approximate surface area is 365 Å². The molecule has 0 amide bonds. The highest BCUT2D eigenvalue weighted by atomic mass is 16.6. The Hall–Kier alpha value is -2.37. The van der Waals surface area contributed by atoms with Gasteiger partial charge in [0.05, 0.1) is 0 Å². The second kappa shape index (κ2) is 48.3. The van der Waals surface area contributed by atoms with E-state index in [1.807, 2.05) is 0 Å². The van der Waals surface area contributed by atoms with Gasteiger partial charge in [-0.2, -0.15) is 0 Å². The first-order valence-corrected chi connectivity index (χ1v) is 25.5. The fourth-order valence-corrected chi connectivity index (χ4v) is 7.25. The van der Waals surface area contributed by atoms with Crippen LogP contribution in [0.25, 0.3) is 0 Å². The van der Waals surface area contributed by atoms with Crippen molar-refractivity contribution < 1.29 is 28.6 Å². The lowest BCUT2D eigenvalue weighted by molar-refractivity contribution is -0.167. The van der Waals surface area contributed by atoms with Gasteiger partial charge in [-0.3, -0.25) is 14.4 Å². The zero-order valence-electron chi connectivity index (χ0n) is 39.3. The van der Waals surface area contributed by atoms with Crippen molar-refractivity contribution in [2.45, 2.75) is 271 Å². The van der Waals surface area contributed by atoms with Crippen LogP contribution >= 0.6 is 0 Å². The van der Waals surface area contributed by atoms with E-state index in [9.17, 15) is 14.4 Å². The molecule has 0 saturated heterocycles. The van der Waals surface area contributed by atoms with Crippen LogP contribution in [0.4, 0.5) is 0 Å². The second-order valence-electron chi connectivity index (χ2n) is 17.1. The first-order valence-electron chi connectivity index (χ1n) is 25.5. The van der Waals surface area contributed by atoms with Gasteiger partial charge in [0.2, 0.25) is 0 Å². The average Bonchev–Trinajstić information content (AvgIpc) is 3.23. The molecule has 0 saturated carbocycles. The molecular formula is C53H96O6. The van der Waals surface area contributed by atoms with Gasteiger partial charge in [-0.05, 0) is 70.6 Å². The third-order valence-electron chi connectivity index (χ3n) is 11.1. The molecule has 0 heterocycles. The Bertz CT molecular complexity index is 1000. The van der Waals surface area contributed by atoms with E-state index in [4.69, 9.17) is 14.2 Å². The van der Waals surface area contributed by atoms with Crippen molar-refractivity contribution in [2.75, 3.05) is 13.2 Å². The predicted octanol–water partition coefficient (Wildman–Crippen LogP) is 16.5. The predicted molar refractivity (Wildman–Crippen MR) is 252 cm³/mol. The second-order valence-corrected chi connectivity index (χ2v) is 17.1. The van der Waals surface area contributed by atoms with E-state index in [0.717, 1.165) is 77.0 Å². The summed E-state index contributed by atoms with van der Waals surface area (Å²) in [5.74, 6) is -0.909. The van der Waals surface area contributed by atoms with Crippen LogP contribution in [0, 0.1) is 0 Å². The first-order chi connectivity index (χ1) is 29.0. The minimum atomic E-state index is -0.781. The van der Waals surface area contributed by atoms with Crippen molar-refractivity contribution >= 4 is 17.9 Å². The van der Waals surface area contributed by atoms with Gasteiger partial charge in [0.15, 0.2) is 6.10 Å². The number of hydrogen-bond acceptors (Lipinski definition) is 6. The van der Waals surface area contributed by atoms with E-state index in [1.54, 1.807) is 0 Å². The van der Waals surface area contributed by atoms with Crippen LogP contribution < -0.4 is 0 Å². The number of rotatable bonds is 46. The fraction of sp³-hybridized carbons (Fsp3) is 0.830. The SMILES string of the molecule is CCCCC/C=C\CCCCCCCC(=O)OCC(COC(=O)CCCCC/C=C\C=C/CCCCCCCCC)OC(=O)CCCCCCCCCCCCCCC. The number of esters is 3. The van der Waals surface area contributed by atoms with Crippen LogP contribution in [0.5, 0.6) is 0 Å². The third-order valence-corrected chi connectivity index (χ3v) is 11.1. The summed E-state index contributed by atoms with van der Waals surface area (Å²) in [6.45, 7) is 6.59. The number of ether oxygens (including phenoxy) is 3. The van der Waals surface area contributed by atoms with E-state index < -0.39 is 6.10 Å². The average molecular weight is 829 g/mol. The van der Waals surface area contributed by atoms with Crippen LogP contribution in [0.15, 0.2) is 36.5 Å². The molecular weight excluding hydrogens is 733 g/mol. The summed E-state index contributed by atoms with van der Waals surface area (Å²) >= 11 is 0. The summed E-state index contributed by atoms with van der Waals surface area (Å²) in [6.07, 6.45) is 55.5. The maximum Gasteiger partial charge on any atom is 0.306 e. The first kappa shape index (κ1) is 56.6. The largest absolute Gasteiger partial charge is 0.462 e. The molecule has 0 aliphatic heterocycles. The van der Waals surface area contributed by atoms with E-state index in [0.29, 0.717) is 19.3 Å². The Kier molecular flexibility index (Phi) is 46.4.